The normalized spacial score (nSPS) is 17.3. The molecule has 0 spiro atoms. The van der Waals surface area contributed by atoms with Crippen molar-refractivity contribution in [2.75, 3.05) is 13.1 Å². The number of likely N-dealkylation sites (tertiary alicyclic amines) is 1. The molecule has 158 valence electrons. The van der Waals surface area contributed by atoms with Gasteiger partial charge in [-0.3, -0.25) is 9.48 Å². The average molecular weight is 418 g/mol. The van der Waals surface area contributed by atoms with Gasteiger partial charge >= 0.3 is 6.18 Å². The van der Waals surface area contributed by atoms with Crippen LogP contribution < -0.4 is 0 Å². The molecule has 1 aromatic carbocycles. The van der Waals surface area contributed by atoms with Crippen molar-refractivity contribution in [3.8, 4) is 17.0 Å². The number of phenolic OH excluding ortho intramolecular Hbond substituents is 1. The van der Waals surface area contributed by atoms with Crippen LogP contribution in [0.25, 0.3) is 22.3 Å². The van der Waals surface area contributed by atoms with Crippen LogP contribution in [0.3, 0.4) is 0 Å². The summed E-state index contributed by atoms with van der Waals surface area (Å²) in [6, 6.07) is 5.14. The zero-order valence-corrected chi connectivity index (χ0v) is 16.6. The van der Waals surface area contributed by atoms with Crippen molar-refractivity contribution in [2.45, 2.75) is 33.0 Å². The molecule has 1 aliphatic rings. The second kappa shape index (κ2) is 7.30. The zero-order valence-electron chi connectivity index (χ0n) is 16.6. The number of hydrogen-bond acceptors (Lipinski definition) is 4. The number of alkyl halides is 3. The number of amides is 1. The molecule has 1 N–H and O–H groups in total. The Morgan fingerprint density at radius 2 is 2.03 bits per heavy atom. The minimum atomic E-state index is -4.54. The summed E-state index contributed by atoms with van der Waals surface area (Å²) < 4.78 is 40.7. The van der Waals surface area contributed by atoms with E-state index in [1.807, 2.05) is 18.0 Å². The SMILES string of the molecule is CCN1C[C@@H](Cn2cc3ccc(-c4c(C)cc(C(F)(F)F)cc4O)nc3n2)CC1=O. The highest BCUT2D eigenvalue weighted by molar-refractivity contribution is 5.81. The van der Waals surface area contributed by atoms with Crippen molar-refractivity contribution >= 4 is 16.9 Å². The van der Waals surface area contributed by atoms with E-state index in [1.54, 1.807) is 16.8 Å². The molecule has 1 aliphatic heterocycles. The first-order chi connectivity index (χ1) is 14.2. The first-order valence-electron chi connectivity index (χ1n) is 9.69. The maximum absolute atomic E-state index is 13.0. The molecule has 1 atom stereocenters. The van der Waals surface area contributed by atoms with Crippen molar-refractivity contribution in [2.24, 2.45) is 5.92 Å². The first-order valence-corrected chi connectivity index (χ1v) is 9.69. The van der Waals surface area contributed by atoms with Gasteiger partial charge in [0.15, 0.2) is 5.65 Å². The Morgan fingerprint density at radius 3 is 2.67 bits per heavy atom. The van der Waals surface area contributed by atoms with Gasteiger partial charge in [-0.2, -0.15) is 18.3 Å². The third-order valence-corrected chi connectivity index (χ3v) is 5.44. The number of aromatic hydroxyl groups is 1. The van der Waals surface area contributed by atoms with Crippen LogP contribution in [0.2, 0.25) is 0 Å². The molecule has 3 heterocycles. The van der Waals surface area contributed by atoms with Gasteiger partial charge in [0.05, 0.1) is 11.3 Å². The van der Waals surface area contributed by atoms with E-state index >= 15 is 0 Å². The molecule has 0 radical (unpaired) electrons. The first kappa shape index (κ1) is 20.2. The number of rotatable bonds is 4. The van der Waals surface area contributed by atoms with Gasteiger partial charge in [-0.25, -0.2) is 4.98 Å². The lowest BCUT2D eigenvalue weighted by molar-refractivity contribution is -0.137. The van der Waals surface area contributed by atoms with Crippen molar-refractivity contribution in [3.63, 3.8) is 0 Å². The number of hydrogen-bond donors (Lipinski definition) is 1. The molecule has 4 rings (SSSR count). The quantitative estimate of drug-likeness (QED) is 0.695. The fourth-order valence-corrected chi connectivity index (χ4v) is 4.00. The number of benzene rings is 1. The van der Waals surface area contributed by atoms with Gasteiger partial charge in [-0.15, -0.1) is 0 Å². The number of aryl methyl sites for hydroxylation is 1. The average Bonchev–Trinajstić information content (AvgIpc) is 3.22. The van der Waals surface area contributed by atoms with Gasteiger partial charge in [-0.1, -0.05) is 0 Å². The van der Waals surface area contributed by atoms with Gasteiger partial charge in [0.2, 0.25) is 5.91 Å². The van der Waals surface area contributed by atoms with Gasteiger partial charge in [0.25, 0.3) is 0 Å². The number of carbonyl (C=O) groups excluding carboxylic acids is 1. The summed E-state index contributed by atoms with van der Waals surface area (Å²) in [6.45, 7) is 5.43. The molecule has 0 aliphatic carbocycles. The molecule has 1 fully saturated rings. The molecular weight excluding hydrogens is 397 g/mol. The molecule has 0 unspecified atom stereocenters. The number of pyridine rings is 1. The molecule has 6 nitrogen and oxygen atoms in total. The van der Waals surface area contributed by atoms with Crippen LogP contribution in [-0.2, 0) is 17.5 Å². The van der Waals surface area contributed by atoms with Gasteiger partial charge in [0, 0.05) is 49.1 Å². The van der Waals surface area contributed by atoms with Crippen LogP contribution in [0.5, 0.6) is 5.75 Å². The van der Waals surface area contributed by atoms with E-state index in [0.29, 0.717) is 43.5 Å². The van der Waals surface area contributed by atoms with E-state index in [9.17, 15) is 23.1 Å². The third kappa shape index (κ3) is 3.71. The van der Waals surface area contributed by atoms with E-state index in [-0.39, 0.29) is 23.0 Å². The molecule has 30 heavy (non-hydrogen) atoms. The summed E-state index contributed by atoms with van der Waals surface area (Å²) >= 11 is 0. The van der Waals surface area contributed by atoms with E-state index in [0.717, 1.165) is 11.5 Å². The van der Waals surface area contributed by atoms with Crippen molar-refractivity contribution in [3.05, 3.63) is 41.6 Å². The highest BCUT2D eigenvalue weighted by Gasteiger charge is 2.32. The summed E-state index contributed by atoms with van der Waals surface area (Å²) in [5.41, 5.74) is 0.406. The fourth-order valence-electron chi connectivity index (χ4n) is 4.00. The largest absolute Gasteiger partial charge is 0.507 e. The number of phenols is 1. The Balaban J connectivity index is 1.63. The topological polar surface area (TPSA) is 71.2 Å². The van der Waals surface area contributed by atoms with Crippen molar-refractivity contribution in [1.82, 2.24) is 19.7 Å². The Kier molecular flexibility index (Phi) is 4.91. The Labute approximate surface area is 170 Å². The lowest BCUT2D eigenvalue weighted by atomic mass is 10.00. The van der Waals surface area contributed by atoms with E-state index in [2.05, 4.69) is 10.1 Å². The highest BCUT2D eigenvalue weighted by Crippen LogP contribution is 2.38. The van der Waals surface area contributed by atoms with Crippen LogP contribution in [0, 0.1) is 12.8 Å². The van der Waals surface area contributed by atoms with Gasteiger partial charge in [-0.05, 0) is 43.7 Å². The summed E-state index contributed by atoms with van der Waals surface area (Å²) in [4.78, 5) is 18.2. The smallest absolute Gasteiger partial charge is 0.416 e. The lowest BCUT2D eigenvalue weighted by Gasteiger charge is -2.13. The molecule has 1 saturated heterocycles. The van der Waals surface area contributed by atoms with E-state index < -0.39 is 17.5 Å². The Morgan fingerprint density at radius 1 is 1.27 bits per heavy atom. The number of aromatic nitrogens is 3. The summed E-state index contributed by atoms with van der Waals surface area (Å²) in [5.74, 6) is -0.155. The standard InChI is InChI=1S/C21H21F3N4O2/c1-3-27-9-13(7-18(27)30)10-28-11-14-4-5-16(25-20(14)26-28)19-12(2)6-15(8-17(19)29)21(22,23)24/h4-6,8,11,13,29H,3,7,9-10H2,1-2H3/t13-/m0/s1. The number of halogens is 3. The van der Waals surface area contributed by atoms with Crippen molar-refractivity contribution < 1.29 is 23.1 Å². The predicted molar refractivity (Wildman–Crippen MR) is 105 cm³/mol. The van der Waals surface area contributed by atoms with Crippen LogP contribution in [0.15, 0.2) is 30.5 Å². The highest BCUT2D eigenvalue weighted by atomic mass is 19.4. The summed E-state index contributed by atoms with van der Waals surface area (Å²) in [6.07, 6.45) is -2.21. The maximum atomic E-state index is 13.0. The zero-order chi connectivity index (χ0) is 21.6. The van der Waals surface area contributed by atoms with E-state index in [4.69, 9.17) is 0 Å². The van der Waals surface area contributed by atoms with E-state index in [1.165, 1.54) is 6.92 Å². The number of fused-ring (bicyclic) bond motifs is 1. The molecule has 3 aromatic rings. The fraction of sp³-hybridized carbons (Fsp3) is 0.381. The van der Waals surface area contributed by atoms with Crippen LogP contribution in [-0.4, -0.2) is 43.8 Å². The number of nitrogens with zero attached hydrogens (tertiary/aromatic N) is 4. The molecular formula is C21H21F3N4O2. The second-order valence-corrected chi connectivity index (χ2v) is 7.65. The molecule has 1 amide bonds. The van der Waals surface area contributed by atoms with Crippen molar-refractivity contribution in [1.29, 1.82) is 0 Å². The second-order valence-electron chi connectivity index (χ2n) is 7.65. The predicted octanol–water partition coefficient (Wildman–Crippen LogP) is 4.00. The maximum Gasteiger partial charge on any atom is 0.416 e. The monoisotopic (exact) mass is 418 g/mol. The molecule has 2 aromatic heterocycles. The Hall–Kier alpha value is -3.10. The third-order valence-electron chi connectivity index (χ3n) is 5.44. The van der Waals surface area contributed by atoms with Gasteiger partial charge in [0.1, 0.15) is 5.75 Å². The molecule has 0 saturated carbocycles. The summed E-state index contributed by atoms with van der Waals surface area (Å²) in [5, 5.41) is 15.5. The molecule has 0 bridgehead atoms. The van der Waals surface area contributed by atoms with Crippen LogP contribution in [0.4, 0.5) is 13.2 Å². The summed E-state index contributed by atoms with van der Waals surface area (Å²) in [7, 11) is 0. The Bertz CT molecular complexity index is 1100. The van der Waals surface area contributed by atoms with Crippen LogP contribution >= 0.6 is 0 Å². The minimum absolute atomic E-state index is 0.146. The molecule has 9 heteroatoms. The minimum Gasteiger partial charge on any atom is -0.507 e. The lowest BCUT2D eigenvalue weighted by Crippen LogP contribution is -2.25. The van der Waals surface area contributed by atoms with Gasteiger partial charge < -0.3 is 10.0 Å². The van der Waals surface area contributed by atoms with Crippen LogP contribution in [0.1, 0.15) is 24.5 Å². The number of carbonyl (C=O) groups is 1.